The summed E-state index contributed by atoms with van der Waals surface area (Å²) in [5.74, 6) is 0. The Labute approximate surface area is 170 Å². The summed E-state index contributed by atoms with van der Waals surface area (Å²) in [6.07, 6.45) is 0. The molecule has 8 heteroatoms. The van der Waals surface area contributed by atoms with Crippen LogP contribution in [0.15, 0.2) is 42.5 Å². The Hall–Kier alpha value is -1.99. The maximum atomic E-state index is 11.6. The summed E-state index contributed by atoms with van der Waals surface area (Å²) in [4.78, 5) is 18.1. The van der Waals surface area contributed by atoms with E-state index in [0.29, 0.717) is 17.4 Å². The van der Waals surface area contributed by atoms with Crippen molar-refractivity contribution in [3.8, 4) is 0 Å². The van der Waals surface area contributed by atoms with Crippen molar-refractivity contribution in [2.45, 2.75) is 19.9 Å². The minimum Gasteiger partial charge on any atom is -0.323 e. The zero-order valence-corrected chi connectivity index (χ0v) is 16.9. The van der Waals surface area contributed by atoms with E-state index in [2.05, 4.69) is 23.7 Å². The van der Waals surface area contributed by atoms with Gasteiger partial charge in [-0.1, -0.05) is 38.1 Å². The molecule has 0 amide bonds. The smallest absolute Gasteiger partial charge is 0.279 e. The number of nitrogens with two attached hydrogens (primary N) is 1. The zero-order valence-electron chi connectivity index (χ0n) is 15.3. The number of rotatable bonds is 6. The third-order valence-electron chi connectivity index (χ3n) is 4.64. The van der Waals surface area contributed by atoms with Crippen molar-refractivity contribution in [3.63, 3.8) is 0 Å². The number of non-ortho nitro benzene ring substituents is 1. The van der Waals surface area contributed by atoms with Crippen LogP contribution < -0.4 is 5.73 Å². The quantitative estimate of drug-likeness (QED) is 0.367. The van der Waals surface area contributed by atoms with Gasteiger partial charge in [0.2, 0.25) is 0 Å². The molecule has 6 nitrogen and oxygen atoms in total. The second-order valence-electron chi connectivity index (χ2n) is 6.06. The molecule has 3 rings (SSSR count). The van der Waals surface area contributed by atoms with Crippen LogP contribution in [0.2, 0.25) is 0 Å². The average molecular weight is 411 g/mol. The van der Waals surface area contributed by atoms with Gasteiger partial charge >= 0.3 is 0 Å². The third-order valence-corrected chi connectivity index (χ3v) is 4.64. The molecule has 0 saturated heterocycles. The van der Waals surface area contributed by atoms with Gasteiger partial charge in [0.05, 0.1) is 21.3 Å². The van der Waals surface area contributed by atoms with Gasteiger partial charge in [0.1, 0.15) is 0 Å². The predicted octanol–water partition coefficient (Wildman–Crippen LogP) is 4.48. The average Bonchev–Trinajstić information content (AvgIpc) is 2.63. The van der Waals surface area contributed by atoms with Gasteiger partial charge < -0.3 is 10.6 Å². The van der Waals surface area contributed by atoms with Gasteiger partial charge in [0, 0.05) is 24.0 Å². The Morgan fingerprint density at radius 3 is 2.33 bits per heavy atom. The first-order valence-corrected chi connectivity index (χ1v) is 8.50. The Bertz CT molecular complexity index is 932. The van der Waals surface area contributed by atoms with Crippen LogP contribution in [0.1, 0.15) is 25.5 Å². The molecule has 0 aliphatic carbocycles. The van der Waals surface area contributed by atoms with Crippen LogP contribution in [0, 0.1) is 10.1 Å². The van der Waals surface area contributed by atoms with Crippen molar-refractivity contribution < 1.29 is 4.92 Å². The summed E-state index contributed by atoms with van der Waals surface area (Å²) >= 11 is 0. The number of para-hydroxylation sites is 1. The Morgan fingerprint density at radius 2 is 1.70 bits per heavy atom. The molecule has 0 radical (unpaired) electrons. The molecular weight excluding hydrogens is 387 g/mol. The molecule has 1 unspecified atom stereocenters. The maximum Gasteiger partial charge on any atom is 0.279 e. The first-order valence-electron chi connectivity index (χ1n) is 8.50. The van der Waals surface area contributed by atoms with Crippen molar-refractivity contribution in [3.05, 3.63) is 58.1 Å². The topological polar surface area (TPSA) is 85.3 Å². The van der Waals surface area contributed by atoms with Crippen LogP contribution in [-0.4, -0.2) is 34.4 Å². The second kappa shape index (κ2) is 9.80. The largest absolute Gasteiger partial charge is 0.323 e. The summed E-state index contributed by atoms with van der Waals surface area (Å²) in [6.45, 7) is 6.57. The van der Waals surface area contributed by atoms with Gasteiger partial charge in [-0.3, -0.25) is 10.1 Å². The Kier molecular flexibility index (Phi) is 8.37. The molecule has 2 N–H and O–H groups in total. The summed E-state index contributed by atoms with van der Waals surface area (Å²) in [5.41, 5.74) is 8.83. The zero-order chi connectivity index (χ0) is 18.0. The highest BCUT2D eigenvalue weighted by atomic mass is 35.5. The maximum absolute atomic E-state index is 11.6. The lowest BCUT2D eigenvalue weighted by Crippen LogP contribution is -2.32. The predicted molar refractivity (Wildman–Crippen MR) is 115 cm³/mol. The third kappa shape index (κ3) is 4.47. The number of nitro groups is 1. The molecule has 1 aromatic heterocycles. The first-order chi connectivity index (χ1) is 12.1. The summed E-state index contributed by atoms with van der Waals surface area (Å²) in [5, 5.41) is 13.0. The van der Waals surface area contributed by atoms with Crippen molar-refractivity contribution in [2.75, 3.05) is 19.6 Å². The summed E-state index contributed by atoms with van der Waals surface area (Å²) in [7, 11) is 0. The van der Waals surface area contributed by atoms with Crippen LogP contribution in [0.4, 0.5) is 5.69 Å². The number of hydrogen-bond acceptors (Lipinski definition) is 5. The molecule has 1 atom stereocenters. The molecular formula is C19H24Cl2N4O2. The van der Waals surface area contributed by atoms with E-state index in [-0.39, 0.29) is 41.5 Å². The van der Waals surface area contributed by atoms with E-state index in [4.69, 9.17) is 5.73 Å². The molecule has 0 fully saturated rings. The molecule has 0 aliphatic rings. The molecule has 2 aromatic carbocycles. The number of benzene rings is 2. The van der Waals surface area contributed by atoms with Crippen molar-refractivity contribution in [2.24, 2.45) is 5.73 Å². The summed E-state index contributed by atoms with van der Waals surface area (Å²) < 4.78 is 0. The van der Waals surface area contributed by atoms with Crippen LogP contribution >= 0.6 is 24.8 Å². The molecule has 27 heavy (non-hydrogen) atoms. The molecule has 0 saturated carbocycles. The fraction of sp³-hybridized carbons (Fsp3) is 0.316. The Balaban J connectivity index is 0.00000182. The first kappa shape index (κ1) is 23.0. The fourth-order valence-corrected chi connectivity index (χ4v) is 3.35. The SMILES string of the molecule is CCN(CC)CC(N)c1c2ccccc2nc2cccc([N+](=O)[O-])c12.Cl.Cl. The van der Waals surface area contributed by atoms with Crippen molar-refractivity contribution in [1.82, 2.24) is 9.88 Å². The lowest BCUT2D eigenvalue weighted by Gasteiger charge is -2.24. The highest BCUT2D eigenvalue weighted by molar-refractivity contribution is 6.02. The van der Waals surface area contributed by atoms with E-state index in [0.717, 1.165) is 29.6 Å². The van der Waals surface area contributed by atoms with E-state index < -0.39 is 0 Å². The second-order valence-corrected chi connectivity index (χ2v) is 6.06. The van der Waals surface area contributed by atoms with E-state index in [1.165, 1.54) is 6.07 Å². The molecule has 0 spiro atoms. The number of pyridine rings is 1. The number of fused-ring (bicyclic) bond motifs is 2. The van der Waals surface area contributed by atoms with Crippen LogP contribution in [0.25, 0.3) is 21.8 Å². The number of nitro benzene ring substituents is 1. The normalized spacial score (nSPS) is 11.9. The number of aromatic nitrogens is 1. The molecule has 0 bridgehead atoms. The van der Waals surface area contributed by atoms with Gasteiger partial charge in [-0.15, -0.1) is 24.8 Å². The van der Waals surface area contributed by atoms with E-state index >= 15 is 0 Å². The molecule has 3 aromatic rings. The lowest BCUT2D eigenvalue weighted by molar-refractivity contribution is -0.383. The van der Waals surface area contributed by atoms with Crippen molar-refractivity contribution in [1.29, 1.82) is 0 Å². The van der Waals surface area contributed by atoms with Gasteiger partial charge in [0.25, 0.3) is 5.69 Å². The van der Waals surface area contributed by atoms with Crippen LogP contribution in [0.5, 0.6) is 0 Å². The van der Waals surface area contributed by atoms with Crippen LogP contribution in [-0.2, 0) is 0 Å². The molecule has 146 valence electrons. The standard InChI is InChI=1S/C19H22N4O2.2ClH/c1-3-22(4-2)12-14(20)18-13-8-5-6-9-15(13)21-16-10-7-11-17(19(16)18)23(24)25;;/h5-11,14H,3-4,12,20H2,1-2H3;2*1H. The molecule has 1 heterocycles. The van der Waals surface area contributed by atoms with E-state index in [1.54, 1.807) is 6.07 Å². The monoisotopic (exact) mass is 410 g/mol. The summed E-state index contributed by atoms with van der Waals surface area (Å²) in [6, 6.07) is 12.3. The minimum atomic E-state index is -0.355. The van der Waals surface area contributed by atoms with E-state index in [1.807, 2.05) is 30.3 Å². The molecule has 0 aliphatic heterocycles. The number of likely N-dealkylation sites (N-methyl/N-ethyl adjacent to an activating group) is 1. The highest BCUT2D eigenvalue weighted by Gasteiger charge is 2.23. The van der Waals surface area contributed by atoms with Crippen LogP contribution in [0.3, 0.4) is 0 Å². The van der Waals surface area contributed by atoms with Gasteiger partial charge in [-0.05, 0) is 30.8 Å². The highest BCUT2D eigenvalue weighted by Crippen LogP contribution is 2.35. The Morgan fingerprint density at radius 1 is 1.07 bits per heavy atom. The lowest BCUT2D eigenvalue weighted by atomic mass is 9.95. The number of hydrogen-bond donors (Lipinski definition) is 1. The van der Waals surface area contributed by atoms with Gasteiger partial charge in [-0.2, -0.15) is 0 Å². The number of halogens is 2. The fourth-order valence-electron chi connectivity index (χ4n) is 3.35. The van der Waals surface area contributed by atoms with Gasteiger partial charge in [-0.25, -0.2) is 4.98 Å². The number of nitrogens with zero attached hydrogens (tertiary/aromatic N) is 3. The minimum absolute atomic E-state index is 0. The van der Waals surface area contributed by atoms with E-state index in [9.17, 15) is 10.1 Å². The van der Waals surface area contributed by atoms with Gasteiger partial charge in [0.15, 0.2) is 0 Å². The van der Waals surface area contributed by atoms with Crippen molar-refractivity contribution >= 4 is 52.3 Å².